The normalized spacial score (nSPS) is 10.6. The average Bonchev–Trinajstić information content (AvgIpc) is 2.22. The molecule has 0 saturated carbocycles. The summed E-state index contributed by atoms with van der Waals surface area (Å²) in [7, 11) is -1.33. The van der Waals surface area contributed by atoms with Crippen LogP contribution in [0.25, 0.3) is 0 Å². The van der Waals surface area contributed by atoms with E-state index in [1.165, 1.54) is 0 Å². The lowest BCUT2D eigenvalue weighted by atomic mass is 10.3. The predicted molar refractivity (Wildman–Crippen MR) is 58.9 cm³/mol. The molecule has 0 heterocycles. The Kier molecular flexibility index (Phi) is 5.40. The van der Waals surface area contributed by atoms with Gasteiger partial charge in [0.1, 0.15) is 11.5 Å². The summed E-state index contributed by atoms with van der Waals surface area (Å²) in [5.41, 5.74) is 0. The maximum absolute atomic E-state index is 9.08. The number of hydrogen-bond acceptors (Lipinski definition) is 4. The van der Waals surface area contributed by atoms with E-state index in [0.717, 1.165) is 0 Å². The summed E-state index contributed by atoms with van der Waals surface area (Å²) in [6.07, 6.45) is 0. The van der Waals surface area contributed by atoms with Crippen LogP contribution in [0.3, 0.4) is 0 Å². The van der Waals surface area contributed by atoms with Crippen molar-refractivity contribution in [2.75, 3.05) is 13.2 Å². The summed E-state index contributed by atoms with van der Waals surface area (Å²) >= 11 is 0. The second kappa shape index (κ2) is 6.62. The van der Waals surface area contributed by atoms with Gasteiger partial charge in [0.25, 0.3) is 0 Å². The van der Waals surface area contributed by atoms with E-state index in [0.29, 0.717) is 19.0 Å². The number of benzene rings is 1. The molecule has 0 aliphatic rings. The molecule has 0 aromatic heterocycles. The zero-order valence-corrected chi connectivity index (χ0v) is 9.74. The largest absolute Gasteiger partial charge is 0.508 e. The van der Waals surface area contributed by atoms with Crippen LogP contribution in [0, 0.1) is 0 Å². The maximum Gasteiger partial charge on any atom is 0.397 e. The Morgan fingerprint density at radius 1 is 1.07 bits per heavy atom. The van der Waals surface area contributed by atoms with Gasteiger partial charge in [0, 0.05) is 0 Å². The van der Waals surface area contributed by atoms with Crippen molar-refractivity contribution >= 4 is 8.60 Å². The SMILES string of the molecule is CCOP(OCC)Oc1ccc(O)cc1. The Labute approximate surface area is 90.8 Å². The topological polar surface area (TPSA) is 47.9 Å². The van der Waals surface area contributed by atoms with Gasteiger partial charge in [-0.3, -0.25) is 0 Å². The Bertz CT molecular complexity index is 269. The monoisotopic (exact) mass is 230 g/mol. The van der Waals surface area contributed by atoms with Crippen LogP contribution in [0.5, 0.6) is 11.5 Å². The first-order valence-corrected chi connectivity index (χ1v) is 5.88. The number of phenols is 1. The van der Waals surface area contributed by atoms with E-state index in [-0.39, 0.29) is 5.75 Å². The van der Waals surface area contributed by atoms with Crippen LogP contribution in [-0.4, -0.2) is 18.3 Å². The van der Waals surface area contributed by atoms with Crippen LogP contribution in [0.4, 0.5) is 0 Å². The van der Waals surface area contributed by atoms with Crippen molar-refractivity contribution in [1.29, 1.82) is 0 Å². The minimum absolute atomic E-state index is 0.208. The average molecular weight is 230 g/mol. The first kappa shape index (κ1) is 12.2. The van der Waals surface area contributed by atoms with Crippen LogP contribution in [0.1, 0.15) is 13.8 Å². The third-order valence-electron chi connectivity index (χ3n) is 1.49. The van der Waals surface area contributed by atoms with Gasteiger partial charge in [-0.15, -0.1) is 0 Å². The third-order valence-corrected chi connectivity index (χ3v) is 2.78. The third kappa shape index (κ3) is 4.47. The molecular weight excluding hydrogens is 215 g/mol. The summed E-state index contributed by atoms with van der Waals surface area (Å²) in [5.74, 6) is 0.834. The van der Waals surface area contributed by atoms with Crippen molar-refractivity contribution in [3.63, 3.8) is 0 Å². The Morgan fingerprint density at radius 3 is 2.07 bits per heavy atom. The molecule has 0 unspecified atom stereocenters. The minimum Gasteiger partial charge on any atom is -0.508 e. The first-order chi connectivity index (χ1) is 7.26. The molecule has 4 nitrogen and oxygen atoms in total. The molecule has 0 aliphatic heterocycles. The first-order valence-electron chi connectivity index (χ1n) is 4.79. The lowest BCUT2D eigenvalue weighted by Crippen LogP contribution is -1.96. The minimum atomic E-state index is -1.33. The van der Waals surface area contributed by atoms with Gasteiger partial charge in [-0.2, -0.15) is 0 Å². The van der Waals surface area contributed by atoms with E-state index < -0.39 is 8.60 Å². The highest BCUT2D eigenvalue weighted by molar-refractivity contribution is 7.42. The molecule has 0 spiro atoms. The van der Waals surface area contributed by atoms with E-state index >= 15 is 0 Å². The number of phenolic OH excluding ortho intramolecular Hbond substituents is 1. The molecule has 84 valence electrons. The molecule has 1 aromatic rings. The van der Waals surface area contributed by atoms with Crippen LogP contribution >= 0.6 is 8.60 Å². The molecule has 1 aromatic carbocycles. The van der Waals surface area contributed by atoms with Gasteiger partial charge in [0.05, 0.1) is 13.2 Å². The molecule has 0 radical (unpaired) electrons. The van der Waals surface area contributed by atoms with Crippen molar-refractivity contribution in [2.24, 2.45) is 0 Å². The van der Waals surface area contributed by atoms with Crippen molar-refractivity contribution in [3.8, 4) is 11.5 Å². The van der Waals surface area contributed by atoms with E-state index in [1.807, 2.05) is 13.8 Å². The van der Waals surface area contributed by atoms with Crippen molar-refractivity contribution in [2.45, 2.75) is 13.8 Å². The summed E-state index contributed by atoms with van der Waals surface area (Å²) in [4.78, 5) is 0. The second-order valence-corrected chi connectivity index (χ2v) is 3.79. The van der Waals surface area contributed by atoms with Crippen molar-refractivity contribution < 1.29 is 18.7 Å². The van der Waals surface area contributed by atoms with Crippen LogP contribution < -0.4 is 4.52 Å². The van der Waals surface area contributed by atoms with Gasteiger partial charge < -0.3 is 18.7 Å². The molecule has 0 amide bonds. The quantitative estimate of drug-likeness (QED) is 0.763. The van der Waals surface area contributed by atoms with E-state index in [1.54, 1.807) is 24.3 Å². The molecule has 15 heavy (non-hydrogen) atoms. The number of aromatic hydroxyl groups is 1. The Balaban J connectivity index is 2.53. The second-order valence-electron chi connectivity index (χ2n) is 2.64. The Hall–Kier alpha value is -0.830. The van der Waals surface area contributed by atoms with Gasteiger partial charge in [-0.05, 0) is 38.1 Å². The van der Waals surface area contributed by atoms with E-state index in [4.69, 9.17) is 18.7 Å². The van der Waals surface area contributed by atoms with Crippen LogP contribution in [-0.2, 0) is 9.05 Å². The molecule has 0 saturated heterocycles. The highest BCUT2D eigenvalue weighted by Gasteiger charge is 2.12. The van der Waals surface area contributed by atoms with Gasteiger partial charge in [-0.25, -0.2) is 0 Å². The van der Waals surface area contributed by atoms with E-state index in [9.17, 15) is 0 Å². The van der Waals surface area contributed by atoms with Gasteiger partial charge >= 0.3 is 8.60 Å². The molecule has 0 fully saturated rings. The highest BCUT2D eigenvalue weighted by Crippen LogP contribution is 2.40. The molecule has 5 heteroatoms. The molecule has 0 bridgehead atoms. The van der Waals surface area contributed by atoms with Crippen molar-refractivity contribution in [3.05, 3.63) is 24.3 Å². The summed E-state index contributed by atoms with van der Waals surface area (Å²) in [6.45, 7) is 4.86. The fraction of sp³-hybridized carbons (Fsp3) is 0.400. The smallest absolute Gasteiger partial charge is 0.397 e. The van der Waals surface area contributed by atoms with Gasteiger partial charge in [0.2, 0.25) is 0 Å². The fourth-order valence-electron chi connectivity index (χ4n) is 0.894. The maximum atomic E-state index is 9.08. The highest BCUT2D eigenvalue weighted by atomic mass is 31.2. The molecule has 1 N–H and O–H groups in total. The van der Waals surface area contributed by atoms with Gasteiger partial charge in [0.15, 0.2) is 0 Å². The van der Waals surface area contributed by atoms with Crippen LogP contribution in [0.2, 0.25) is 0 Å². The lowest BCUT2D eigenvalue weighted by Gasteiger charge is -2.15. The molecule has 0 aliphatic carbocycles. The van der Waals surface area contributed by atoms with Crippen molar-refractivity contribution in [1.82, 2.24) is 0 Å². The lowest BCUT2D eigenvalue weighted by molar-refractivity contribution is 0.221. The van der Waals surface area contributed by atoms with Gasteiger partial charge in [-0.1, -0.05) is 0 Å². The number of rotatable bonds is 6. The van der Waals surface area contributed by atoms with Crippen LogP contribution in [0.15, 0.2) is 24.3 Å². The zero-order chi connectivity index (χ0) is 11.1. The van der Waals surface area contributed by atoms with E-state index in [2.05, 4.69) is 0 Å². The zero-order valence-electron chi connectivity index (χ0n) is 8.84. The fourth-order valence-corrected chi connectivity index (χ4v) is 1.79. The summed E-state index contributed by atoms with van der Waals surface area (Å²) < 4.78 is 16.0. The molecule has 0 atom stereocenters. The standard InChI is InChI=1S/C10H15O4P/c1-3-12-15(13-4-2)14-10-7-5-9(11)6-8-10/h5-8,11H,3-4H2,1-2H3. The summed E-state index contributed by atoms with van der Waals surface area (Å²) in [5, 5.41) is 9.08. The predicted octanol–water partition coefficient (Wildman–Crippen LogP) is 3.07. The number of hydrogen-bond donors (Lipinski definition) is 1. The summed E-state index contributed by atoms with van der Waals surface area (Å²) in [6, 6.07) is 6.45. The Morgan fingerprint density at radius 2 is 1.60 bits per heavy atom. The molecular formula is C10H15O4P. The molecule has 1 rings (SSSR count).